The molecule has 1 fully saturated rings. The van der Waals surface area contributed by atoms with Gasteiger partial charge in [-0.3, -0.25) is 4.79 Å². The molecular weight excluding hydrogens is 271 g/mol. The van der Waals surface area contributed by atoms with Crippen LogP contribution in [0.15, 0.2) is 29.4 Å². The van der Waals surface area contributed by atoms with Gasteiger partial charge >= 0.3 is 0 Å². The molecule has 2 rings (SSSR count). The molecule has 21 heavy (non-hydrogen) atoms. The molecule has 0 unspecified atom stereocenters. The van der Waals surface area contributed by atoms with Gasteiger partial charge in [-0.25, -0.2) is 4.39 Å². The Balaban J connectivity index is 1.71. The van der Waals surface area contributed by atoms with E-state index in [1.807, 2.05) is 0 Å². The molecular formula is C16H21FN2O2. The molecule has 2 atom stereocenters. The molecule has 5 heteroatoms. The normalized spacial score (nSPS) is 22.2. The maximum absolute atomic E-state index is 12.9. The third-order valence-corrected chi connectivity index (χ3v) is 3.78. The van der Waals surface area contributed by atoms with Crippen molar-refractivity contribution in [1.29, 1.82) is 0 Å². The Hall–Kier alpha value is -1.91. The smallest absolute Gasteiger partial charge is 0.261 e. The van der Waals surface area contributed by atoms with Crippen molar-refractivity contribution in [3.05, 3.63) is 35.6 Å². The van der Waals surface area contributed by atoms with Gasteiger partial charge < -0.3 is 10.2 Å². The zero-order valence-corrected chi connectivity index (χ0v) is 12.2. The largest absolute Gasteiger partial charge is 0.386 e. The van der Waals surface area contributed by atoms with E-state index >= 15 is 0 Å². The molecule has 0 bridgehead atoms. The van der Waals surface area contributed by atoms with Crippen LogP contribution in [0.3, 0.4) is 0 Å². The quantitative estimate of drug-likeness (QED) is 0.670. The van der Waals surface area contributed by atoms with Crippen LogP contribution in [-0.4, -0.2) is 24.8 Å². The van der Waals surface area contributed by atoms with Crippen LogP contribution in [0.4, 0.5) is 4.39 Å². The Morgan fingerprint density at radius 3 is 3.05 bits per heavy atom. The summed E-state index contributed by atoms with van der Waals surface area (Å²) in [4.78, 5) is 16.7. The second-order valence-electron chi connectivity index (χ2n) is 5.50. The first-order valence-corrected chi connectivity index (χ1v) is 7.35. The fraction of sp³-hybridized carbons (Fsp3) is 0.500. The van der Waals surface area contributed by atoms with Gasteiger partial charge in [0.25, 0.3) is 5.91 Å². The van der Waals surface area contributed by atoms with Gasteiger partial charge in [-0.05, 0) is 36.5 Å². The monoisotopic (exact) mass is 292 g/mol. The van der Waals surface area contributed by atoms with E-state index < -0.39 is 0 Å². The average molecular weight is 292 g/mol. The first-order valence-electron chi connectivity index (χ1n) is 7.35. The molecule has 1 aromatic carbocycles. The number of nitrogens with one attached hydrogen (secondary N) is 1. The van der Waals surface area contributed by atoms with Crippen molar-refractivity contribution < 1.29 is 14.0 Å². The van der Waals surface area contributed by atoms with Gasteiger partial charge in [-0.15, -0.1) is 0 Å². The predicted octanol–water partition coefficient (Wildman–Crippen LogP) is 2.87. The van der Waals surface area contributed by atoms with Crippen molar-refractivity contribution in [3.63, 3.8) is 0 Å². The van der Waals surface area contributed by atoms with Crippen molar-refractivity contribution >= 4 is 12.1 Å². The van der Waals surface area contributed by atoms with Crippen molar-refractivity contribution in [2.24, 2.45) is 11.1 Å². The lowest BCUT2D eigenvalue weighted by molar-refractivity contribution is -0.126. The Bertz CT molecular complexity index is 505. The molecule has 1 saturated carbocycles. The van der Waals surface area contributed by atoms with E-state index in [-0.39, 0.29) is 24.4 Å². The summed E-state index contributed by atoms with van der Waals surface area (Å²) in [6.07, 6.45) is 5.97. The van der Waals surface area contributed by atoms with Crippen molar-refractivity contribution in [3.8, 4) is 0 Å². The first kappa shape index (κ1) is 15.5. The van der Waals surface area contributed by atoms with E-state index in [1.165, 1.54) is 24.8 Å². The van der Waals surface area contributed by atoms with Gasteiger partial charge in [0.05, 0.1) is 6.21 Å². The average Bonchev–Trinajstić information content (AvgIpc) is 2.46. The van der Waals surface area contributed by atoms with Crippen molar-refractivity contribution in [1.82, 2.24) is 5.32 Å². The summed E-state index contributed by atoms with van der Waals surface area (Å²) in [5, 5.41) is 6.66. The van der Waals surface area contributed by atoms with E-state index in [1.54, 1.807) is 12.1 Å². The van der Waals surface area contributed by atoms with Crippen molar-refractivity contribution in [2.75, 3.05) is 6.61 Å². The molecule has 0 radical (unpaired) electrons. The number of carbonyl (C=O) groups is 1. The summed E-state index contributed by atoms with van der Waals surface area (Å²) >= 11 is 0. The molecule has 0 aromatic heterocycles. The fourth-order valence-electron chi connectivity index (χ4n) is 2.56. The minimum absolute atomic E-state index is 0.116. The second-order valence-corrected chi connectivity index (χ2v) is 5.50. The number of hydrogen-bond donors (Lipinski definition) is 1. The van der Waals surface area contributed by atoms with Crippen LogP contribution in [-0.2, 0) is 9.63 Å². The van der Waals surface area contributed by atoms with Crippen molar-refractivity contribution in [2.45, 2.75) is 38.6 Å². The molecule has 1 aromatic rings. The molecule has 1 aliphatic carbocycles. The van der Waals surface area contributed by atoms with Crippen LogP contribution in [0.1, 0.15) is 38.2 Å². The number of oxime groups is 1. The van der Waals surface area contributed by atoms with Crippen LogP contribution in [0.5, 0.6) is 0 Å². The zero-order chi connectivity index (χ0) is 15.1. The lowest BCUT2D eigenvalue weighted by atomic mass is 9.86. The van der Waals surface area contributed by atoms with Crippen LogP contribution < -0.4 is 5.32 Å². The van der Waals surface area contributed by atoms with Crippen LogP contribution in [0.25, 0.3) is 0 Å². The van der Waals surface area contributed by atoms with Gasteiger partial charge in [0.15, 0.2) is 6.61 Å². The van der Waals surface area contributed by atoms with E-state index in [9.17, 15) is 9.18 Å². The molecule has 114 valence electrons. The molecule has 0 spiro atoms. The first-order chi connectivity index (χ1) is 10.1. The second kappa shape index (κ2) is 7.76. The third-order valence-electron chi connectivity index (χ3n) is 3.78. The summed E-state index contributed by atoms with van der Waals surface area (Å²) in [5.41, 5.74) is 0.594. The number of carbonyl (C=O) groups excluding carboxylic acids is 1. The lowest BCUT2D eigenvalue weighted by Crippen LogP contribution is -2.42. The number of hydrogen-bond acceptors (Lipinski definition) is 3. The van der Waals surface area contributed by atoms with Crippen LogP contribution in [0.2, 0.25) is 0 Å². The Morgan fingerprint density at radius 2 is 2.29 bits per heavy atom. The molecule has 1 amide bonds. The highest BCUT2D eigenvalue weighted by molar-refractivity contribution is 5.79. The van der Waals surface area contributed by atoms with E-state index in [4.69, 9.17) is 4.84 Å². The molecule has 0 heterocycles. The Kier molecular flexibility index (Phi) is 5.72. The highest BCUT2D eigenvalue weighted by Gasteiger charge is 2.22. The van der Waals surface area contributed by atoms with Gasteiger partial charge in [-0.1, -0.05) is 37.1 Å². The lowest BCUT2D eigenvalue weighted by Gasteiger charge is -2.29. The van der Waals surface area contributed by atoms with Gasteiger partial charge in [0.2, 0.25) is 0 Å². The minimum Gasteiger partial charge on any atom is -0.386 e. The maximum atomic E-state index is 12.9. The number of rotatable bonds is 5. The summed E-state index contributed by atoms with van der Waals surface area (Å²) in [5.74, 6) is 0.0200. The standard InChI is InChI=1S/C16H21FN2O2/c1-12-5-2-3-8-15(12)19-16(20)11-21-18-10-13-6-4-7-14(17)9-13/h4,6-7,9-10,12,15H,2-3,5,8,11H2,1H3,(H,19,20)/b18-10-/t12-,15+/m1/s1. The SMILES string of the molecule is C[C@@H]1CCCC[C@@H]1NC(=O)CO/N=C\c1cccc(F)c1. The third kappa shape index (κ3) is 5.17. The molecule has 0 saturated heterocycles. The molecule has 0 aliphatic heterocycles. The van der Waals surface area contributed by atoms with Crippen LogP contribution in [0, 0.1) is 11.7 Å². The zero-order valence-electron chi connectivity index (χ0n) is 12.2. The maximum Gasteiger partial charge on any atom is 0.261 e. The predicted molar refractivity (Wildman–Crippen MR) is 79.5 cm³/mol. The minimum atomic E-state index is -0.331. The van der Waals surface area contributed by atoms with Crippen LogP contribution >= 0.6 is 0 Å². The summed E-state index contributed by atoms with van der Waals surface area (Å²) in [7, 11) is 0. The highest BCUT2D eigenvalue weighted by atomic mass is 19.1. The number of nitrogens with zero attached hydrogens (tertiary/aromatic N) is 1. The summed E-state index contributed by atoms with van der Waals surface area (Å²) in [6, 6.07) is 6.24. The molecule has 4 nitrogen and oxygen atoms in total. The fourth-order valence-corrected chi connectivity index (χ4v) is 2.56. The summed E-state index contributed by atoms with van der Waals surface area (Å²) < 4.78 is 12.9. The number of halogens is 1. The van der Waals surface area contributed by atoms with Gasteiger partial charge in [0, 0.05) is 6.04 Å². The van der Waals surface area contributed by atoms with Gasteiger partial charge in [0.1, 0.15) is 5.82 Å². The topological polar surface area (TPSA) is 50.7 Å². The van der Waals surface area contributed by atoms with E-state index in [0.29, 0.717) is 11.5 Å². The Labute approximate surface area is 124 Å². The number of benzene rings is 1. The highest BCUT2D eigenvalue weighted by Crippen LogP contribution is 2.23. The molecule has 1 aliphatic rings. The number of amides is 1. The van der Waals surface area contributed by atoms with Gasteiger partial charge in [-0.2, -0.15) is 0 Å². The van der Waals surface area contributed by atoms with E-state index in [2.05, 4.69) is 17.4 Å². The van der Waals surface area contributed by atoms with E-state index in [0.717, 1.165) is 19.3 Å². The Morgan fingerprint density at radius 1 is 1.48 bits per heavy atom. The summed E-state index contributed by atoms with van der Waals surface area (Å²) in [6.45, 7) is 2.04. The molecule has 1 N–H and O–H groups in total.